The Kier molecular flexibility index (Phi) is 8.42. The molecule has 2 aromatic carbocycles. The quantitative estimate of drug-likeness (QED) is 0.188. The monoisotopic (exact) mass is 601 g/mol. The summed E-state index contributed by atoms with van der Waals surface area (Å²) in [5.41, 5.74) is 1.77. The molecule has 0 spiro atoms. The minimum atomic E-state index is -0.956. The molecule has 10 nitrogen and oxygen atoms in total. The number of ketones is 1. The maximum Gasteiger partial charge on any atom is 0.268 e. The summed E-state index contributed by atoms with van der Waals surface area (Å²) in [6.07, 6.45) is 5.36. The molecule has 1 aliphatic carbocycles. The molecule has 3 heterocycles. The average Bonchev–Trinajstić information content (AvgIpc) is 3.83. The van der Waals surface area contributed by atoms with Gasteiger partial charge in [0.25, 0.3) is 5.91 Å². The molecule has 224 valence electrons. The van der Waals surface area contributed by atoms with Crippen molar-refractivity contribution in [3.63, 3.8) is 0 Å². The number of aromatic nitrogens is 2. The Bertz CT molecular complexity index is 1640. The Morgan fingerprint density at radius 2 is 1.84 bits per heavy atom. The average molecular weight is 602 g/mol. The molecule has 3 atom stereocenters. The van der Waals surface area contributed by atoms with Crippen LogP contribution in [0.5, 0.6) is 5.75 Å². The number of thiazole rings is 1. The minimum absolute atomic E-state index is 0.124. The van der Waals surface area contributed by atoms with Gasteiger partial charge in [0.2, 0.25) is 17.6 Å². The lowest BCUT2D eigenvalue weighted by Gasteiger charge is -2.25. The van der Waals surface area contributed by atoms with Crippen molar-refractivity contribution in [2.75, 3.05) is 13.7 Å². The van der Waals surface area contributed by atoms with E-state index in [0.29, 0.717) is 36.3 Å². The van der Waals surface area contributed by atoms with Crippen molar-refractivity contribution in [1.82, 2.24) is 25.9 Å². The van der Waals surface area contributed by atoms with Crippen LogP contribution >= 0.6 is 11.3 Å². The summed E-state index contributed by atoms with van der Waals surface area (Å²) in [5, 5.41) is 9.75. The van der Waals surface area contributed by atoms with E-state index in [4.69, 9.17) is 4.74 Å². The van der Waals surface area contributed by atoms with Gasteiger partial charge in [-0.2, -0.15) is 0 Å². The molecule has 4 aromatic rings. The van der Waals surface area contributed by atoms with Gasteiger partial charge in [-0.25, -0.2) is 4.98 Å². The number of nitrogens with zero attached hydrogens (tertiary/aromatic N) is 1. The Morgan fingerprint density at radius 3 is 2.58 bits per heavy atom. The number of benzene rings is 2. The van der Waals surface area contributed by atoms with Crippen LogP contribution < -0.4 is 20.7 Å². The van der Waals surface area contributed by atoms with E-state index in [-0.39, 0.29) is 29.0 Å². The smallest absolute Gasteiger partial charge is 0.268 e. The van der Waals surface area contributed by atoms with Crippen LogP contribution in [0.2, 0.25) is 0 Å². The number of hydrogen-bond acceptors (Lipinski definition) is 7. The minimum Gasteiger partial charge on any atom is -0.496 e. The summed E-state index contributed by atoms with van der Waals surface area (Å²) in [7, 11) is 1.57. The predicted octanol–water partition coefficient (Wildman–Crippen LogP) is 4.36. The summed E-state index contributed by atoms with van der Waals surface area (Å²) in [4.78, 5) is 61.3. The van der Waals surface area contributed by atoms with Gasteiger partial charge < -0.3 is 25.7 Å². The number of hydrogen-bond donors (Lipinski definition) is 4. The first-order valence-corrected chi connectivity index (χ1v) is 15.7. The van der Waals surface area contributed by atoms with E-state index < -0.39 is 29.8 Å². The van der Waals surface area contributed by atoms with Gasteiger partial charge in [0, 0.05) is 23.4 Å². The molecule has 0 bridgehead atoms. The van der Waals surface area contributed by atoms with E-state index >= 15 is 0 Å². The fourth-order valence-corrected chi connectivity index (χ4v) is 7.22. The molecule has 3 amide bonds. The highest BCUT2D eigenvalue weighted by atomic mass is 32.1. The molecule has 2 aliphatic rings. The topological polar surface area (TPSA) is 142 Å². The second-order valence-corrected chi connectivity index (χ2v) is 12.5. The molecule has 0 radical (unpaired) electrons. The summed E-state index contributed by atoms with van der Waals surface area (Å²) < 4.78 is 6.30. The Morgan fingerprint density at radius 1 is 1.02 bits per heavy atom. The second-order valence-electron chi connectivity index (χ2n) is 11.4. The SMILES string of the molecule is COc1cccc2[nH]c(C(=O)NC(CC3CCCC3)C(=O)NC(CC3CCNC3=O)C(=O)c3nc4ccccc4s3)cc12. The van der Waals surface area contributed by atoms with E-state index in [1.54, 1.807) is 13.2 Å². The van der Waals surface area contributed by atoms with Crippen LogP contribution in [-0.4, -0.2) is 59.2 Å². The molecular formula is C32H35N5O5S. The van der Waals surface area contributed by atoms with Gasteiger partial charge in [-0.05, 0) is 55.5 Å². The fourth-order valence-electron chi connectivity index (χ4n) is 6.26. The van der Waals surface area contributed by atoms with Crippen LogP contribution in [0.1, 0.15) is 65.2 Å². The van der Waals surface area contributed by atoms with Crippen molar-refractivity contribution in [2.45, 2.75) is 57.0 Å². The number of ether oxygens (including phenoxy) is 1. The zero-order valence-electron chi connectivity index (χ0n) is 24.0. The Balaban J connectivity index is 1.25. The third-order valence-electron chi connectivity index (χ3n) is 8.57. The van der Waals surface area contributed by atoms with Gasteiger partial charge in [-0.15, -0.1) is 11.3 Å². The number of para-hydroxylation sites is 1. The molecule has 43 heavy (non-hydrogen) atoms. The van der Waals surface area contributed by atoms with Crippen LogP contribution in [0.25, 0.3) is 21.1 Å². The Hall–Kier alpha value is -4.25. The first-order chi connectivity index (χ1) is 20.9. The highest BCUT2D eigenvalue weighted by Crippen LogP contribution is 2.30. The largest absolute Gasteiger partial charge is 0.496 e. The molecule has 6 rings (SSSR count). The van der Waals surface area contributed by atoms with Crippen molar-refractivity contribution >= 4 is 56.0 Å². The van der Waals surface area contributed by atoms with Crippen molar-refractivity contribution in [3.05, 3.63) is 59.2 Å². The van der Waals surface area contributed by atoms with Crippen molar-refractivity contribution in [3.8, 4) is 5.75 Å². The molecule has 1 aliphatic heterocycles. The summed E-state index contributed by atoms with van der Waals surface area (Å²) in [6, 6.07) is 12.9. The molecule has 2 aromatic heterocycles. The number of carbonyl (C=O) groups is 4. The number of nitrogens with one attached hydrogen (secondary N) is 4. The van der Waals surface area contributed by atoms with Gasteiger partial charge in [-0.1, -0.05) is 43.9 Å². The number of carbonyl (C=O) groups excluding carboxylic acids is 4. The van der Waals surface area contributed by atoms with E-state index in [9.17, 15) is 19.2 Å². The number of fused-ring (bicyclic) bond motifs is 2. The summed E-state index contributed by atoms with van der Waals surface area (Å²) >= 11 is 1.27. The highest BCUT2D eigenvalue weighted by molar-refractivity contribution is 7.20. The van der Waals surface area contributed by atoms with Gasteiger partial charge in [0.15, 0.2) is 5.01 Å². The lowest BCUT2D eigenvalue weighted by Crippen LogP contribution is -2.52. The second kappa shape index (κ2) is 12.5. The first-order valence-electron chi connectivity index (χ1n) is 14.8. The van der Waals surface area contributed by atoms with E-state index in [1.807, 2.05) is 42.5 Å². The van der Waals surface area contributed by atoms with Crippen molar-refractivity contribution in [2.24, 2.45) is 11.8 Å². The number of amides is 3. The van der Waals surface area contributed by atoms with Gasteiger partial charge in [0.05, 0.1) is 23.4 Å². The normalized spacial score (nSPS) is 18.4. The molecule has 1 saturated heterocycles. The molecular weight excluding hydrogens is 566 g/mol. The number of Topliss-reactive ketones (excluding diaryl/α,β-unsaturated/α-hetero) is 1. The van der Waals surface area contributed by atoms with E-state index in [0.717, 1.165) is 41.3 Å². The molecule has 4 N–H and O–H groups in total. The highest BCUT2D eigenvalue weighted by Gasteiger charge is 2.35. The number of H-pyrrole nitrogens is 1. The third kappa shape index (κ3) is 6.27. The van der Waals surface area contributed by atoms with Gasteiger partial charge >= 0.3 is 0 Å². The molecule has 11 heteroatoms. The maximum absolute atomic E-state index is 13.9. The van der Waals surface area contributed by atoms with Crippen molar-refractivity contribution < 1.29 is 23.9 Å². The standard InChI is InChI=1S/C32H35N5O5S/c1-42-26-11-6-10-21-20(26)17-25(34-21)31(41)36-24(15-18-7-2-3-8-18)30(40)35-23(16-19-13-14-33-29(19)39)28(38)32-37-22-9-4-5-12-27(22)43-32/h4-6,9-12,17-19,23-24,34H,2-3,7-8,13-16H2,1H3,(H,33,39)(H,35,40)(H,36,41). The van der Waals surface area contributed by atoms with Crippen LogP contribution in [0.3, 0.4) is 0 Å². The Labute approximate surface area is 253 Å². The van der Waals surface area contributed by atoms with Gasteiger partial charge in [0.1, 0.15) is 17.5 Å². The first kappa shape index (κ1) is 28.9. The van der Waals surface area contributed by atoms with Crippen LogP contribution in [-0.2, 0) is 9.59 Å². The van der Waals surface area contributed by atoms with Crippen LogP contribution in [0.4, 0.5) is 0 Å². The van der Waals surface area contributed by atoms with E-state index in [1.165, 1.54) is 11.3 Å². The summed E-state index contributed by atoms with van der Waals surface area (Å²) in [6.45, 7) is 0.537. The predicted molar refractivity (Wildman–Crippen MR) is 164 cm³/mol. The fraction of sp³-hybridized carbons (Fsp3) is 0.406. The molecule has 1 saturated carbocycles. The lowest BCUT2D eigenvalue weighted by molar-refractivity contribution is -0.125. The number of aromatic amines is 1. The van der Waals surface area contributed by atoms with E-state index in [2.05, 4.69) is 25.9 Å². The number of rotatable bonds is 11. The van der Waals surface area contributed by atoms with Crippen LogP contribution in [0.15, 0.2) is 48.5 Å². The molecule has 3 unspecified atom stereocenters. The number of methoxy groups -OCH3 is 1. The van der Waals surface area contributed by atoms with Crippen molar-refractivity contribution in [1.29, 1.82) is 0 Å². The summed E-state index contributed by atoms with van der Waals surface area (Å²) in [5.74, 6) is -0.775. The molecule has 2 fully saturated rings. The lowest BCUT2D eigenvalue weighted by atomic mass is 9.94. The zero-order valence-corrected chi connectivity index (χ0v) is 24.8. The zero-order chi connectivity index (χ0) is 29.9. The van der Waals surface area contributed by atoms with Crippen LogP contribution in [0, 0.1) is 11.8 Å². The third-order valence-corrected chi connectivity index (χ3v) is 9.63. The van der Waals surface area contributed by atoms with Gasteiger partial charge in [-0.3, -0.25) is 19.2 Å². The maximum atomic E-state index is 13.9.